The van der Waals surface area contributed by atoms with Gasteiger partial charge in [-0.05, 0) is 19.3 Å². The van der Waals surface area contributed by atoms with Crippen LogP contribution in [0.25, 0.3) is 0 Å². The monoisotopic (exact) mass is 228 g/mol. The summed E-state index contributed by atoms with van der Waals surface area (Å²) in [4.78, 5) is 2.53. The normalized spacial score (nSPS) is 37.5. The fourth-order valence-corrected chi connectivity index (χ4v) is 2.90. The van der Waals surface area contributed by atoms with Gasteiger partial charge >= 0.3 is 0 Å². The maximum absolute atomic E-state index is 6.05. The predicted molar refractivity (Wildman–Crippen MR) is 63.4 cm³/mol. The van der Waals surface area contributed by atoms with Gasteiger partial charge in [0.25, 0.3) is 0 Å². The molecule has 2 N–H and O–H groups in total. The molecule has 2 aliphatic rings. The van der Waals surface area contributed by atoms with E-state index in [-0.39, 0.29) is 5.54 Å². The fourth-order valence-electron chi connectivity index (χ4n) is 2.90. The highest BCUT2D eigenvalue weighted by atomic mass is 16.5. The van der Waals surface area contributed by atoms with Gasteiger partial charge in [-0.15, -0.1) is 0 Å². The van der Waals surface area contributed by atoms with Gasteiger partial charge in [0.1, 0.15) is 0 Å². The molecule has 2 fully saturated rings. The van der Waals surface area contributed by atoms with Crippen LogP contribution in [0.2, 0.25) is 0 Å². The summed E-state index contributed by atoms with van der Waals surface area (Å²) < 4.78 is 11.2. The highest BCUT2D eigenvalue weighted by molar-refractivity contribution is 4.96. The second-order valence-corrected chi connectivity index (χ2v) is 4.88. The second-order valence-electron chi connectivity index (χ2n) is 4.88. The minimum absolute atomic E-state index is 0.169. The fraction of sp³-hybridized carbons (Fsp3) is 1.00. The highest BCUT2D eigenvalue weighted by Crippen LogP contribution is 2.31. The molecule has 2 heterocycles. The molecular weight excluding hydrogens is 204 g/mol. The van der Waals surface area contributed by atoms with E-state index < -0.39 is 0 Å². The zero-order valence-electron chi connectivity index (χ0n) is 10.3. The van der Waals surface area contributed by atoms with E-state index in [4.69, 9.17) is 15.2 Å². The van der Waals surface area contributed by atoms with Gasteiger partial charge in [-0.3, -0.25) is 4.90 Å². The van der Waals surface area contributed by atoms with Crippen LogP contribution in [-0.4, -0.2) is 56.0 Å². The zero-order chi connectivity index (χ0) is 11.4. The molecule has 4 heteroatoms. The van der Waals surface area contributed by atoms with Crippen molar-refractivity contribution in [2.75, 3.05) is 39.5 Å². The Hall–Kier alpha value is -0.160. The van der Waals surface area contributed by atoms with Crippen molar-refractivity contribution < 1.29 is 9.47 Å². The first-order chi connectivity index (χ1) is 7.80. The summed E-state index contributed by atoms with van der Waals surface area (Å²) in [6.07, 6.45) is 3.63. The first-order valence-corrected chi connectivity index (χ1v) is 6.45. The minimum Gasteiger partial charge on any atom is -0.379 e. The van der Waals surface area contributed by atoms with Crippen LogP contribution in [0.5, 0.6) is 0 Å². The van der Waals surface area contributed by atoms with Crippen LogP contribution in [0.15, 0.2) is 0 Å². The zero-order valence-corrected chi connectivity index (χ0v) is 10.3. The number of rotatable bonds is 3. The molecule has 4 nitrogen and oxygen atoms in total. The number of hydrogen-bond donors (Lipinski definition) is 1. The maximum Gasteiger partial charge on any atom is 0.0594 e. The summed E-state index contributed by atoms with van der Waals surface area (Å²) in [7, 11) is 0. The first kappa shape index (κ1) is 12.3. The molecule has 16 heavy (non-hydrogen) atoms. The van der Waals surface area contributed by atoms with Gasteiger partial charge in [-0.1, -0.05) is 6.92 Å². The molecule has 2 rings (SSSR count). The topological polar surface area (TPSA) is 47.7 Å². The highest BCUT2D eigenvalue weighted by Gasteiger charge is 2.40. The third kappa shape index (κ3) is 2.40. The van der Waals surface area contributed by atoms with E-state index in [0.717, 1.165) is 58.7 Å². The quantitative estimate of drug-likeness (QED) is 0.768. The van der Waals surface area contributed by atoms with Gasteiger partial charge in [0.05, 0.1) is 19.3 Å². The molecule has 2 unspecified atom stereocenters. The molecule has 0 aromatic heterocycles. The average Bonchev–Trinajstić information content (AvgIpc) is 2.39. The van der Waals surface area contributed by atoms with E-state index in [1.807, 2.05) is 0 Å². The van der Waals surface area contributed by atoms with Crippen molar-refractivity contribution in [3.8, 4) is 0 Å². The SMILES string of the molecule is CCC1CC(CN)(N2CCOCC2)CCO1. The summed E-state index contributed by atoms with van der Waals surface area (Å²) in [5, 5.41) is 0. The van der Waals surface area contributed by atoms with Crippen LogP contribution in [0.3, 0.4) is 0 Å². The molecule has 94 valence electrons. The molecule has 0 amide bonds. The smallest absolute Gasteiger partial charge is 0.0594 e. The Bertz CT molecular complexity index is 219. The molecular formula is C12H24N2O2. The second kappa shape index (κ2) is 5.45. The molecule has 0 aromatic rings. The molecule has 0 spiro atoms. The largest absolute Gasteiger partial charge is 0.379 e. The van der Waals surface area contributed by atoms with Crippen LogP contribution in [-0.2, 0) is 9.47 Å². The van der Waals surface area contributed by atoms with Crippen LogP contribution < -0.4 is 5.73 Å². The third-order valence-electron chi connectivity index (χ3n) is 4.05. The van der Waals surface area contributed by atoms with Crippen LogP contribution in [0.4, 0.5) is 0 Å². The summed E-state index contributed by atoms with van der Waals surface area (Å²) >= 11 is 0. The average molecular weight is 228 g/mol. The van der Waals surface area contributed by atoms with Crippen molar-refractivity contribution in [2.45, 2.75) is 37.8 Å². The lowest BCUT2D eigenvalue weighted by atomic mass is 9.83. The van der Waals surface area contributed by atoms with Crippen LogP contribution in [0, 0.1) is 0 Å². The van der Waals surface area contributed by atoms with Crippen molar-refractivity contribution in [3.63, 3.8) is 0 Å². The van der Waals surface area contributed by atoms with E-state index >= 15 is 0 Å². The van der Waals surface area contributed by atoms with Crippen molar-refractivity contribution in [3.05, 3.63) is 0 Å². The molecule has 2 aliphatic heterocycles. The van der Waals surface area contributed by atoms with Crippen LogP contribution in [0.1, 0.15) is 26.2 Å². The summed E-state index contributed by atoms with van der Waals surface area (Å²) in [5.41, 5.74) is 6.22. The van der Waals surface area contributed by atoms with Crippen molar-refractivity contribution in [1.29, 1.82) is 0 Å². The Morgan fingerprint density at radius 2 is 2.06 bits per heavy atom. The van der Waals surface area contributed by atoms with E-state index in [0.29, 0.717) is 6.10 Å². The van der Waals surface area contributed by atoms with E-state index in [2.05, 4.69) is 11.8 Å². The van der Waals surface area contributed by atoms with Gasteiger partial charge < -0.3 is 15.2 Å². The lowest BCUT2D eigenvalue weighted by molar-refractivity contribution is -0.0968. The Morgan fingerprint density at radius 3 is 2.69 bits per heavy atom. The number of nitrogens with zero attached hydrogens (tertiary/aromatic N) is 1. The number of nitrogens with two attached hydrogens (primary N) is 1. The van der Waals surface area contributed by atoms with E-state index in [1.54, 1.807) is 0 Å². The Morgan fingerprint density at radius 1 is 1.31 bits per heavy atom. The Kier molecular flexibility index (Phi) is 4.19. The predicted octanol–water partition coefficient (Wildman–Crippen LogP) is 0.605. The number of morpholine rings is 1. The Labute approximate surface area is 98.1 Å². The minimum atomic E-state index is 0.169. The van der Waals surface area contributed by atoms with Crippen LogP contribution >= 0.6 is 0 Å². The van der Waals surface area contributed by atoms with Crippen molar-refractivity contribution in [2.24, 2.45) is 5.73 Å². The van der Waals surface area contributed by atoms with Gasteiger partial charge in [-0.25, -0.2) is 0 Å². The molecule has 0 bridgehead atoms. The maximum atomic E-state index is 6.05. The summed E-state index contributed by atoms with van der Waals surface area (Å²) in [5.74, 6) is 0. The number of hydrogen-bond acceptors (Lipinski definition) is 4. The first-order valence-electron chi connectivity index (χ1n) is 6.45. The molecule has 2 atom stereocenters. The van der Waals surface area contributed by atoms with Gasteiger partial charge in [0.15, 0.2) is 0 Å². The molecule has 0 saturated carbocycles. The van der Waals surface area contributed by atoms with Crippen molar-refractivity contribution in [1.82, 2.24) is 4.90 Å². The van der Waals surface area contributed by atoms with Gasteiger partial charge in [0.2, 0.25) is 0 Å². The summed E-state index contributed by atoms with van der Waals surface area (Å²) in [6, 6.07) is 0. The lowest BCUT2D eigenvalue weighted by Crippen LogP contribution is -2.61. The van der Waals surface area contributed by atoms with Gasteiger partial charge in [-0.2, -0.15) is 0 Å². The molecule has 0 aromatic carbocycles. The van der Waals surface area contributed by atoms with Gasteiger partial charge in [0, 0.05) is 31.8 Å². The molecule has 0 radical (unpaired) electrons. The lowest BCUT2D eigenvalue weighted by Gasteiger charge is -2.49. The molecule has 2 saturated heterocycles. The Balaban J connectivity index is 2.04. The number of ether oxygens (including phenoxy) is 2. The van der Waals surface area contributed by atoms with E-state index in [9.17, 15) is 0 Å². The van der Waals surface area contributed by atoms with Crippen molar-refractivity contribution >= 4 is 0 Å². The third-order valence-corrected chi connectivity index (χ3v) is 4.05. The summed E-state index contributed by atoms with van der Waals surface area (Å²) in [6.45, 7) is 7.52. The van der Waals surface area contributed by atoms with E-state index in [1.165, 1.54) is 0 Å². The molecule has 0 aliphatic carbocycles. The standard InChI is InChI=1S/C12H24N2O2/c1-2-11-9-12(10-13,3-6-16-11)14-4-7-15-8-5-14/h11H,2-10,13H2,1H3.